The summed E-state index contributed by atoms with van der Waals surface area (Å²) in [5.74, 6) is 0.665. The van der Waals surface area contributed by atoms with E-state index in [-0.39, 0.29) is 11.8 Å². The van der Waals surface area contributed by atoms with E-state index in [1.165, 1.54) is 12.0 Å². The predicted octanol–water partition coefficient (Wildman–Crippen LogP) is 4.51. The third-order valence-corrected chi connectivity index (χ3v) is 5.62. The van der Waals surface area contributed by atoms with Gasteiger partial charge in [-0.3, -0.25) is 4.79 Å². The molecule has 25 heavy (non-hydrogen) atoms. The molecule has 2 unspecified atom stereocenters. The maximum absolute atomic E-state index is 11.5. The minimum absolute atomic E-state index is 0.0839. The smallest absolute Gasteiger partial charge is 0.307 e. The Hall–Kier alpha value is -1.82. The van der Waals surface area contributed by atoms with Gasteiger partial charge in [-0.25, -0.2) is 4.98 Å². The second-order valence-corrected chi connectivity index (χ2v) is 7.29. The van der Waals surface area contributed by atoms with Gasteiger partial charge in [0.2, 0.25) is 0 Å². The van der Waals surface area contributed by atoms with E-state index in [0.717, 1.165) is 40.1 Å². The minimum Gasteiger partial charge on any atom is -0.492 e. The van der Waals surface area contributed by atoms with Gasteiger partial charge >= 0.3 is 5.97 Å². The highest BCUT2D eigenvalue weighted by molar-refractivity contribution is 9.10. The lowest BCUT2D eigenvalue weighted by atomic mass is 9.85. The summed E-state index contributed by atoms with van der Waals surface area (Å²) >= 11 is 3.57. The highest BCUT2D eigenvalue weighted by Crippen LogP contribution is 2.43. The van der Waals surface area contributed by atoms with Crippen LogP contribution < -0.4 is 4.74 Å². The summed E-state index contributed by atoms with van der Waals surface area (Å²) in [6, 6.07) is 4.08. The molecule has 0 bridgehead atoms. The molecule has 1 N–H and O–H groups in total. The molecule has 1 aliphatic carbocycles. The molecule has 1 heterocycles. The average molecular weight is 408 g/mol. The summed E-state index contributed by atoms with van der Waals surface area (Å²) in [4.78, 5) is 15.7. The first-order chi connectivity index (χ1) is 12.0. The molecule has 134 valence electrons. The van der Waals surface area contributed by atoms with Crippen molar-refractivity contribution in [2.45, 2.75) is 45.4 Å². The lowest BCUT2D eigenvalue weighted by molar-refractivity contribution is -0.142. The molecule has 0 amide bonds. The molecule has 3 rings (SSSR count). The largest absolute Gasteiger partial charge is 0.492 e. The molecule has 0 spiro atoms. The monoisotopic (exact) mass is 407 g/mol. The van der Waals surface area contributed by atoms with Gasteiger partial charge in [-0.05, 0) is 71.3 Å². The number of carboxylic acid groups (broad SMARTS) is 1. The van der Waals surface area contributed by atoms with Crippen molar-refractivity contribution < 1.29 is 19.1 Å². The molecule has 2 aromatic rings. The maximum atomic E-state index is 11.5. The van der Waals surface area contributed by atoms with Crippen LogP contribution in [0.3, 0.4) is 0 Å². The number of benzene rings is 1. The first kappa shape index (κ1) is 18.0. The van der Waals surface area contributed by atoms with Crippen molar-refractivity contribution in [3.63, 3.8) is 0 Å². The molecule has 1 aromatic heterocycles. The first-order valence-corrected chi connectivity index (χ1v) is 9.37. The number of carboxylic acids is 1. The van der Waals surface area contributed by atoms with Crippen LogP contribution in [-0.4, -0.2) is 22.7 Å². The Balaban J connectivity index is 1.72. The number of carbonyl (C=O) groups is 1. The zero-order valence-electron chi connectivity index (χ0n) is 14.4. The number of aromatic nitrogens is 1. The summed E-state index contributed by atoms with van der Waals surface area (Å²) in [5.41, 5.74) is 3.24. The van der Waals surface area contributed by atoms with Crippen molar-refractivity contribution >= 4 is 21.9 Å². The molecule has 6 heteroatoms. The van der Waals surface area contributed by atoms with E-state index in [2.05, 4.69) is 20.9 Å². The van der Waals surface area contributed by atoms with Crippen molar-refractivity contribution in [3.8, 4) is 5.75 Å². The van der Waals surface area contributed by atoms with Crippen molar-refractivity contribution in [3.05, 3.63) is 45.6 Å². The molecular weight excluding hydrogens is 386 g/mol. The van der Waals surface area contributed by atoms with Crippen LogP contribution in [0.2, 0.25) is 0 Å². The maximum Gasteiger partial charge on any atom is 0.307 e. The van der Waals surface area contributed by atoms with Crippen LogP contribution in [0.1, 0.15) is 48.3 Å². The van der Waals surface area contributed by atoms with Gasteiger partial charge in [0.15, 0.2) is 6.39 Å². The number of aryl methyl sites for hydroxylation is 2. The van der Waals surface area contributed by atoms with Crippen LogP contribution >= 0.6 is 15.9 Å². The molecule has 0 saturated carbocycles. The number of rotatable bonds is 7. The zero-order chi connectivity index (χ0) is 18.0. The minimum atomic E-state index is -0.709. The van der Waals surface area contributed by atoms with Gasteiger partial charge < -0.3 is 14.3 Å². The van der Waals surface area contributed by atoms with Gasteiger partial charge in [0.1, 0.15) is 11.5 Å². The van der Waals surface area contributed by atoms with Crippen molar-refractivity contribution in [2.24, 2.45) is 5.92 Å². The number of nitrogens with zero attached hydrogens (tertiary/aromatic N) is 1. The van der Waals surface area contributed by atoms with Crippen LogP contribution in [0.15, 0.2) is 27.4 Å². The van der Waals surface area contributed by atoms with Gasteiger partial charge in [-0.1, -0.05) is 6.92 Å². The number of ether oxygens (including phenoxy) is 1. The fourth-order valence-corrected chi connectivity index (χ4v) is 4.10. The molecule has 0 aliphatic heterocycles. The van der Waals surface area contributed by atoms with E-state index >= 15 is 0 Å². The van der Waals surface area contributed by atoms with E-state index in [1.54, 1.807) is 0 Å². The quantitative estimate of drug-likeness (QED) is 0.730. The van der Waals surface area contributed by atoms with Gasteiger partial charge in [0.25, 0.3) is 0 Å². The highest BCUT2D eigenvalue weighted by atomic mass is 79.9. The van der Waals surface area contributed by atoms with Gasteiger partial charge in [-0.2, -0.15) is 0 Å². The SMILES string of the molecule is CCC(C(=O)O)C1CCc2cc(OCCc3ncoc3C)c(Br)cc21. The third kappa shape index (κ3) is 3.73. The first-order valence-electron chi connectivity index (χ1n) is 8.58. The number of halogens is 1. The number of hydrogen-bond donors (Lipinski definition) is 1. The summed E-state index contributed by atoms with van der Waals surface area (Å²) in [6.45, 7) is 4.34. The van der Waals surface area contributed by atoms with Crippen LogP contribution in [0.4, 0.5) is 0 Å². The van der Waals surface area contributed by atoms with E-state index in [0.29, 0.717) is 19.4 Å². The average Bonchev–Trinajstić information content (AvgIpc) is 3.15. The van der Waals surface area contributed by atoms with Crippen molar-refractivity contribution in [1.82, 2.24) is 4.98 Å². The Labute approximate surface area is 155 Å². The Kier molecular flexibility index (Phi) is 5.47. The Morgan fingerprint density at radius 2 is 2.32 bits per heavy atom. The van der Waals surface area contributed by atoms with Gasteiger partial charge in [0.05, 0.1) is 22.7 Å². The Bertz CT molecular complexity index is 771. The summed E-state index contributed by atoms with van der Waals surface area (Å²) in [7, 11) is 0. The van der Waals surface area contributed by atoms with Crippen molar-refractivity contribution in [2.75, 3.05) is 6.61 Å². The fraction of sp³-hybridized carbons (Fsp3) is 0.474. The number of oxazole rings is 1. The topological polar surface area (TPSA) is 72.6 Å². The standard InChI is InChI=1S/C19H22BrNO4/c1-3-13(19(22)23)14-5-4-12-8-18(16(20)9-15(12)14)24-7-6-17-11(2)25-10-21-17/h8-10,13-14H,3-7H2,1-2H3,(H,22,23). The predicted molar refractivity (Wildman–Crippen MR) is 97.1 cm³/mol. The van der Waals surface area contributed by atoms with Gasteiger partial charge in [-0.15, -0.1) is 0 Å². The second kappa shape index (κ2) is 7.60. The highest BCUT2D eigenvalue weighted by Gasteiger charge is 2.33. The molecule has 0 fully saturated rings. The molecule has 2 atom stereocenters. The van der Waals surface area contributed by atoms with E-state index in [9.17, 15) is 9.90 Å². The zero-order valence-corrected chi connectivity index (χ0v) is 16.0. The van der Waals surface area contributed by atoms with Crippen molar-refractivity contribution in [1.29, 1.82) is 0 Å². The molecule has 5 nitrogen and oxygen atoms in total. The normalized spacial score (nSPS) is 17.3. The van der Waals surface area contributed by atoms with E-state index < -0.39 is 5.97 Å². The van der Waals surface area contributed by atoms with Crippen LogP contribution in [0.5, 0.6) is 5.75 Å². The lowest BCUT2D eigenvalue weighted by Crippen LogP contribution is -2.19. The molecular formula is C19H22BrNO4. The number of fused-ring (bicyclic) bond motifs is 1. The van der Waals surface area contributed by atoms with Gasteiger partial charge in [0, 0.05) is 6.42 Å². The Morgan fingerprint density at radius 3 is 2.96 bits per heavy atom. The Morgan fingerprint density at radius 1 is 1.52 bits per heavy atom. The summed E-state index contributed by atoms with van der Waals surface area (Å²) in [5, 5.41) is 9.46. The molecule has 1 aliphatic rings. The van der Waals surface area contributed by atoms with E-state index in [1.807, 2.05) is 26.0 Å². The van der Waals surface area contributed by atoms with Crippen LogP contribution in [-0.2, 0) is 17.6 Å². The second-order valence-electron chi connectivity index (χ2n) is 6.43. The summed E-state index contributed by atoms with van der Waals surface area (Å²) in [6.07, 6.45) is 4.56. The number of aliphatic carboxylic acids is 1. The summed E-state index contributed by atoms with van der Waals surface area (Å²) < 4.78 is 12.0. The number of hydrogen-bond acceptors (Lipinski definition) is 4. The third-order valence-electron chi connectivity index (χ3n) is 5.00. The molecule has 1 aromatic carbocycles. The van der Waals surface area contributed by atoms with Crippen LogP contribution in [0.25, 0.3) is 0 Å². The van der Waals surface area contributed by atoms with E-state index in [4.69, 9.17) is 9.15 Å². The molecule has 0 radical (unpaired) electrons. The fourth-order valence-electron chi connectivity index (χ4n) is 3.63. The van der Waals surface area contributed by atoms with Crippen LogP contribution in [0, 0.1) is 12.8 Å². The molecule has 0 saturated heterocycles. The lowest BCUT2D eigenvalue weighted by Gasteiger charge is -2.19.